The minimum Gasteiger partial charge on any atom is -0.375 e. The predicted molar refractivity (Wildman–Crippen MR) is 94.0 cm³/mol. The summed E-state index contributed by atoms with van der Waals surface area (Å²) in [5.74, 6) is 0.557. The van der Waals surface area contributed by atoms with Crippen LogP contribution >= 0.6 is 11.3 Å². The summed E-state index contributed by atoms with van der Waals surface area (Å²) >= 11 is 1.63. The van der Waals surface area contributed by atoms with Gasteiger partial charge in [0.25, 0.3) is 0 Å². The molecule has 2 aliphatic carbocycles. The molecule has 0 radical (unpaired) electrons. The first-order chi connectivity index (χ1) is 11.7. The summed E-state index contributed by atoms with van der Waals surface area (Å²) < 4.78 is 6.13. The van der Waals surface area contributed by atoms with E-state index in [0.29, 0.717) is 5.92 Å². The minimum absolute atomic E-state index is 0.0274. The summed E-state index contributed by atoms with van der Waals surface area (Å²) in [5, 5.41) is 9.40. The number of hydrogen-bond acceptors (Lipinski definition) is 4. The van der Waals surface area contributed by atoms with Gasteiger partial charge >= 0.3 is 6.03 Å². The van der Waals surface area contributed by atoms with Gasteiger partial charge in [0, 0.05) is 24.2 Å². The summed E-state index contributed by atoms with van der Waals surface area (Å²) in [6.45, 7) is 0.767. The van der Waals surface area contributed by atoms with E-state index in [1.54, 1.807) is 11.3 Å². The number of thiazole rings is 1. The van der Waals surface area contributed by atoms with Crippen LogP contribution in [0, 0.1) is 5.92 Å². The average molecular weight is 350 g/mol. The Morgan fingerprint density at radius 1 is 1.29 bits per heavy atom. The van der Waals surface area contributed by atoms with Crippen LogP contribution in [0.4, 0.5) is 4.79 Å². The Morgan fingerprint density at radius 3 is 2.83 bits per heavy atom. The first-order valence-electron chi connectivity index (χ1n) is 9.34. The molecule has 2 N–H and O–H groups in total. The molecule has 3 aliphatic rings. The molecule has 4 rings (SSSR count). The van der Waals surface area contributed by atoms with Crippen LogP contribution in [0.15, 0.2) is 11.6 Å². The van der Waals surface area contributed by atoms with Crippen molar-refractivity contribution in [1.29, 1.82) is 0 Å². The van der Waals surface area contributed by atoms with E-state index in [1.807, 2.05) is 11.6 Å². The molecule has 2 saturated carbocycles. The molecule has 0 bridgehead atoms. The highest BCUT2D eigenvalue weighted by molar-refractivity contribution is 7.09. The number of carbonyl (C=O) groups excluding carboxylic acids is 1. The summed E-state index contributed by atoms with van der Waals surface area (Å²) in [6.07, 6.45) is 12.2. The van der Waals surface area contributed by atoms with Crippen molar-refractivity contribution in [2.45, 2.75) is 75.5 Å². The van der Waals surface area contributed by atoms with Crippen molar-refractivity contribution in [3.8, 4) is 0 Å². The number of hydrogen-bond donors (Lipinski definition) is 2. The zero-order valence-electron chi connectivity index (χ0n) is 14.1. The third-order valence-electron chi connectivity index (χ3n) is 5.69. The Kier molecular flexibility index (Phi) is 4.77. The molecule has 1 aliphatic heterocycles. The highest BCUT2D eigenvalue weighted by atomic mass is 32.1. The van der Waals surface area contributed by atoms with E-state index in [2.05, 4.69) is 15.6 Å². The SMILES string of the molecule is O=C(N[C@@H]1CCOC2(CCCCC2)C1)N[C@H](c1nccs1)C1CC1. The van der Waals surface area contributed by atoms with E-state index in [-0.39, 0.29) is 23.7 Å². The zero-order valence-corrected chi connectivity index (χ0v) is 14.9. The Morgan fingerprint density at radius 2 is 2.12 bits per heavy atom. The quantitative estimate of drug-likeness (QED) is 0.869. The number of urea groups is 1. The number of nitrogens with zero attached hydrogens (tertiary/aromatic N) is 1. The lowest BCUT2D eigenvalue weighted by molar-refractivity contribution is -0.107. The van der Waals surface area contributed by atoms with Crippen molar-refractivity contribution in [3.05, 3.63) is 16.6 Å². The van der Waals surface area contributed by atoms with Gasteiger partial charge in [0.1, 0.15) is 5.01 Å². The molecule has 1 aromatic heterocycles. The van der Waals surface area contributed by atoms with Gasteiger partial charge in [0.05, 0.1) is 11.6 Å². The number of ether oxygens (including phenoxy) is 1. The molecule has 3 fully saturated rings. The van der Waals surface area contributed by atoms with Crippen LogP contribution in [0.5, 0.6) is 0 Å². The van der Waals surface area contributed by atoms with Crippen LogP contribution in [0.25, 0.3) is 0 Å². The van der Waals surface area contributed by atoms with Gasteiger partial charge in [0.2, 0.25) is 0 Å². The summed E-state index contributed by atoms with van der Waals surface area (Å²) in [4.78, 5) is 16.9. The fourth-order valence-corrected chi connectivity index (χ4v) is 5.04. The summed E-state index contributed by atoms with van der Waals surface area (Å²) in [6, 6.07) is 0.265. The predicted octanol–water partition coefficient (Wildman–Crippen LogP) is 3.78. The van der Waals surface area contributed by atoms with Crippen LogP contribution < -0.4 is 10.6 Å². The zero-order chi connectivity index (χ0) is 16.4. The number of rotatable bonds is 4. The maximum atomic E-state index is 12.5. The third kappa shape index (κ3) is 3.75. The number of nitrogens with one attached hydrogen (secondary N) is 2. The van der Waals surface area contributed by atoms with Crippen molar-refractivity contribution in [2.75, 3.05) is 6.61 Å². The maximum absolute atomic E-state index is 12.5. The summed E-state index contributed by atoms with van der Waals surface area (Å²) in [7, 11) is 0. The van der Waals surface area contributed by atoms with E-state index in [1.165, 1.54) is 32.1 Å². The normalized spacial score (nSPS) is 27.6. The summed E-state index contributed by atoms with van der Waals surface area (Å²) in [5.41, 5.74) is 0.0274. The van der Waals surface area contributed by atoms with Gasteiger partial charge < -0.3 is 15.4 Å². The molecule has 2 heterocycles. The molecule has 1 spiro atoms. The average Bonchev–Trinajstić information content (AvgIpc) is 3.27. The topological polar surface area (TPSA) is 63.2 Å². The van der Waals surface area contributed by atoms with Gasteiger partial charge in [-0.2, -0.15) is 0 Å². The first-order valence-corrected chi connectivity index (χ1v) is 10.2. The molecule has 5 nitrogen and oxygen atoms in total. The molecule has 6 heteroatoms. The van der Waals surface area contributed by atoms with Crippen molar-refractivity contribution in [1.82, 2.24) is 15.6 Å². The number of carbonyl (C=O) groups is 1. The van der Waals surface area contributed by atoms with E-state index in [9.17, 15) is 4.79 Å². The molecular weight excluding hydrogens is 322 g/mol. The fraction of sp³-hybridized carbons (Fsp3) is 0.778. The molecule has 2 atom stereocenters. The van der Waals surface area contributed by atoms with Crippen LogP contribution in [0.2, 0.25) is 0 Å². The molecule has 132 valence electrons. The largest absolute Gasteiger partial charge is 0.375 e. The van der Waals surface area contributed by atoms with Crippen LogP contribution in [-0.2, 0) is 4.74 Å². The monoisotopic (exact) mass is 349 g/mol. The van der Waals surface area contributed by atoms with Gasteiger partial charge in [0.15, 0.2) is 0 Å². The van der Waals surface area contributed by atoms with E-state index in [4.69, 9.17) is 4.74 Å². The molecule has 1 saturated heterocycles. The Hall–Kier alpha value is -1.14. The van der Waals surface area contributed by atoms with Crippen LogP contribution in [0.1, 0.15) is 68.8 Å². The molecule has 0 aromatic carbocycles. The highest BCUT2D eigenvalue weighted by Gasteiger charge is 2.40. The van der Waals surface area contributed by atoms with Crippen molar-refractivity contribution in [3.63, 3.8) is 0 Å². The van der Waals surface area contributed by atoms with Crippen LogP contribution in [0.3, 0.4) is 0 Å². The maximum Gasteiger partial charge on any atom is 0.315 e. The van der Waals surface area contributed by atoms with Gasteiger partial charge in [-0.1, -0.05) is 19.3 Å². The van der Waals surface area contributed by atoms with Gasteiger partial charge in [-0.05, 0) is 44.4 Å². The van der Waals surface area contributed by atoms with Gasteiger partial charge in [-0.3, -0.25) is 0 Å². The Bertz CT molecular complexity index is 547. The van der Waals surface area contributed by atoms with Crippen molar-refractivity contribution in [2.24, 2.45) is 5.92 Å². The lowest BCUT2D eigenvalue weighted by atomic mass is 9.78. The minimum atomic E-state index is -0.0417. The number of aromatic nitrogens is 1. The lowest BCUT2D eigenvalue weighted by Gasteiger charge is -2.43. The van der Waals surface area contributed by atoms with Gasteiger partial charge in [-0.15, -0.1) is 11.3 Å². The smallest absolute Gasteiger partial charge is 0.315 e. The third-order valence-corrected chi connectivity index (χ3v) is 6.55. The van der Waals surface area contributed by atoms with Gasteiger partial charge in [-0.25, -0.2) is 9.78 Å². The molecule has 1 aromatic rings. The standard InChI is InChI=1S/C18H27N3O2S/c22-17(21-15(13-4-5-13)16-19-9-11-24-16)20-14-6-10-23-18(12-14)7-2-1-3-8-18/h9,11,13-15H,1-8,10,12H2,(H2,20,21,22)/t14-,15+/m1/s1. The molecule has 0 unspecified atom stereocenters. The fourth-order valence-electron chi connectivity index (χ4n) is 4.26. The Labute approximate surface area is 147 Å². The Balaban J connectivity index is 1.33. The second kappa shape index (κ2) is 7.00. The molecular formula is C18H27N3O2S. The van der Waals surface area contributed by atoms with E-state index >= 15 is 0 Å². The van der Waals surface area contributed by atoms with Crippen molar-refractivity contribution >= 4 is 17.4 Å². The lowest BCUT2D eigenvalue weighted by Crippen LogP contribution is -2.52. The highest BCUT2D eigenvalue weighted by Crippen LogP contribution is 2.42. The second-order valence-corrected chi connectivity index (χ2v) is 8.51. The van der Waals surface area contributed by atoms with E-state index in [0.717, 1.165) is 37.3 Å². The van der Waals surface area contributed by atoms with Crippen molar-refractivity contribution < 1.29 is 9.53 Å². The van der Waals surface area contributed by atoms with Crippen LogP contribution in [-0.4, -0.2) is 29.3 Å². The second-order valence-electron chi connectivity index (χ2n) is 7.59. The number of amides is 2. The molecule has 2 amide bonds. The van der Waals surface area contributed by atoms with E-state index < -0.39 is 0 Å². The first kappa shape index (κ1) is 16.3. The molecule has 24 heavy (non-hydrogen) atoms.